The van der Waals surface area contributed by atoms with Crippen LogP contribution in [0.1, 0.15) is 42.2 Å². The molecule has 19 heteroatoms. The molecule has 1 aromatic carbocycles. The van der Waals surface area contributed by atoms with Crippen LogP contribution in [0.25, 0.3) is 22.6 Å². The molecule has 3 aromatic rings. The number of carbonyl (C=O) groups excluding carboxylic acids is 4. The fourth-order valence-corrected chi connectivity index (χ4v) is 3.15. The molecule has 237 valence electrons. The van der Waals surface area contributed by atoms with E-state index in [0.717, 1.165) is 11.8 Å². The Balaban J connectivity index is 0.00000102. The maximum absolute atomic E-state index is 12.0. The van der Waals surface area contributed by atoms with Gasteiger partial charge in [0.15, 0.2) is 16.9 Å². The van der Waals surface area contributed by atoms with E-state index < -0.39 is 35.5 Å². The molecule has 0 unspecified atom stereocenters. The first-order valence-corrected chi connectivity index (χ1v) is 12.4. The zero-order valence-corrected chi connectivity index (χ0v) is 25.1. The van der Waals surface area contributed by atoms with E-state index in [4.69, 9.17) is 32.2 Å². The van der Waals surface area contributed by atoms with Crippen LogP contribution in [-0.2, 0) is 49.1 Å². The molecule has 2 heterocycles. The van der Waals surface area contributed by atoms with Crippen molar-refractivity contribution in [1.29, 1.82) is 0 Å². The number of anilines is 2. The number of aromatic nitrogens is 4. The van der Waals surface area contributed by atoms with Gasteiger partial charge in [0.1, 0.15) is 0 Å². The number of hydrogen-bond donors (Lipinski definition) is 6. The summed E-state index contributed by atoms with van der Waals surface area (Å²) in [7, 11) is 0. The summed E-state index contributed by atoms with van der Waals surface area (Å²) in [6.45, 7) is 1.58. The van der Waals surface area contributed by atoms with E-state index in [0.29, 0.717) is 30.8 Å². The van der Waals surface area contributed by atoms with E-state index in [2.05, 4.69) is 30.6 Å². The Labute approximate surface area is 266 Å². The molecule has 0 saturated carbocycles. The number of nitrogens with two attached hydrogens (primary N) is 1. The summed E-state index contributed by atoms with van der Waals surface area (Å²) in [6, 6.07) is 6.81. The molecule has 0 aliphatic carbocycles. The summed E-state index contributed by atoms with van der Waals surface area (Å²) in [5.41, 5.74) is 20.1. The molecule has 0 aliphatic rings. The molecule has 45 heavy (non-hydrogen) atoms. The number of ketones is 1. The Bertz CT molecular complexity index is 1590. The third-order valence-electron chi connectivity index (χ3n) is 4.98. The summed E-state index contributed by atoms with van der Waals surface area (Å²) < 4.78 is 0. The van der Waals surface area contributed by atoms with Gasteiger partial charge < -0.3 is 47.6 Å². The normalized spacial score (nSPS) is 10.0. The van der Waals surface area contributed by atoms with Crippen molar-refractivity contribution in [3.8, 4) is 0 Å². The second-order valence-electron chi connectivity index (χ2n) is 8.49. The molecule has 0 saturated heterocycles. The van der Waals surface area contributed by atoms with Crippen LogP contribution in [0.3, 0.4) is 0 Å². The van der Waals surface area contributed by atoms with E-state index in [1.54, 1.807) is 24.3 Å². The number of nitrogen functional groups attached to an aromatic ring is 1. The fourth-order valence-electron chi connectivity index (χ4n) is 3.15. The average molecular weight is 663 g/mol. The van der Waals surface area contributed by atoms with Crippen LogP contribution < -0.4 is 21.9 Å². The SMILES string of the molecule is CC(=O)/C=C(/CC([NH-])=O)C(=O)O.O=CO.[NH-]C(=O)CCCNC(=O)c1ccc(NCc2cnc3nc(N)[nH]c(=O)c3n2)cc1.[V+2]. The predicted octanol–water partition coefficient (Wildman–Crippen LogP) is 1.25. The van der Waals surface area contributed by atoms with Crippen molar-refractivity contribution in [2.45, 2.75) is 32.7 Å². The number of carboxylic acid groups (broad SMARTS) is 2. The maximum atomic E-state index is 12.0. The zero-order valence-electron chi connectivity index (χ0n) is 23.7. The standard InChI is InChI=1S/C18H20N8O3.C7H9NO4.CH2O2.V/c19-13(27)2-1-7-21-16(28)10-3-5-11(6-4-10)22-8-12-9-23-15-14(24-12)17(29)26-18(20)25-15;1-4(9)2-5(7(11)12)3-6(8)10;2-1-3;/h3-6,9H,1-2,7-8H2,(H7,19,20,21,22,23,25,26,27,28,29);2H,3H2,1H3,(H3,8,10,11,12);1H,(H,2,3);/q;;;+2/p-2/b;5-2-;;. The number of benzene rings is 1. The third kappa shape index (κ3) is 15.4. The van der Waals surface area contributed by atoms with Crippen LogP contribution in [0, 0.1) is 0 Å². The van der Waals surface area contributed by atoms with Gasteiger partial charge in [0.2, 0.25) is 5.95 Å². The van der Waals surface area contributed by atoms with Gasteiger partial charge in [-0.3, -0.25) is 24.2 Å². The number of carbonyl (C=O) groups is 6. The zero-order chi connectivity index (χ0) is 33.2. The molecule has 0 spiro atoms. The molecule has 0 aliphatic heterocycles. The van der Waals surface area contributed by atoms with Crippen molar-refractivity contribution in [2.24, 2.45) is 0 Å². The number of nitrogens with zero attached hydrogens (tertiary/aromatic N) is 3. The van der Waals surface area contributed by atoms with Crippen molar-refractivity contribution < 1.29 is 57.5 Å². The van der Waals surface area contributed by atoms with E-state index in [1.807, 2.05) is 0 Å². The number of nitrogens with one attached hydrogen (secondary N) is 5. The minimum absolute atomic E-state index is 0. The molecule has 0 fully saturated rings. The first-order chi connectivity index (χ1) is 20.8. The molecule has 18 nitrogen and oxygen atoms in total. The van der Waals surface area contributed by atoms with Gasteiger partial charge in [0.25, 0.3) is 17.9 Å². The van der Waals surface area contributed by atoms with Gasteiger partial charge in [-0.2, -0.15) is 4.98 Å². The van der Waals surface area contributed by atoms with Crippen molar-refractivity contribution in [3.05, 3.63) is 75.2 Å². The summed E-state index contributed by atoms with van der Waals surface area (Å²) in [4.78, 5) is 88.4. The molecule has 0 bridgehead atoms. The Morgan fingerprint density at radius 1 is 1.07 bits per heavy atom. The minimum Gasteiger partial charge on any atom is -0.668 e. The number of aromatic amines is 1. The average Bonchev–Trinajstić information content (AvgIpc) is 2.94. The smallest absolute Gasteiger partial charge is 0.668 e. The predicted molar refractivity (Wildman–Crippen MR) is 156 cm³/mol. The van der Waals surface area contributed by atoms with Gasteiger partial charge in [-0.05, 0) is 50.1 Å². The van der Waals surface area contributed by atoms with Crippen molar-refractivity contribution >= 4 is 58.7 Å². The van der Waals surface area contributed by atoms with E-state index in [1.165, 1.54) is 13.1 Å². The van der Waals surface area contributed by atoms with E-state index in [9.17, 15) is 28.8 Å². The Kier molecular flexibility index (Phi) is 17.8. The molecule has 0 atom stereocenters. The van der Waals surface area contributed by atoms with E-state index >= 15 is 0 Å². The second kappa shape index (κ2) is 20.3. The Morgan fingerprint density at radius 2 is 1.69 bits per heavy atom. The largest absolute Gasteiger partial charge is 2.00 e. The van der Waals surface area contributed by atoms with Gasteiger partial charge in [-0.25, -0.2) is 14.8 Å². The van der Waals surface area contributed by atoms with Gasteiger partial charge in [-0.15, -0.1) is 0 Å². The third-order valence-corrected chi connectivity index (χ3v) is 4.98. The van der Waals surface area contributed by atoms with Crippen LogP contribution in [0.5, 0.6) is 0 Å². The first-order valence-electron chi connectivity index (χ1n) is 12.4. The summed E-state index contributed by atoms with van der Waals surface area (Å²) in [5, 5.41) is 21.1. The molecular weight excluding hydrogens is 633 g/mol. The van der Waals surface area contributed by atoms with Crippen molar-refractivity contribution in [1.82, 2.24) is 25.3 Å². The molecule has 1 radical (unpaired) electrons. The number of carboxylic acids is 1. The fraction of sp³-hybridized carbons (Fsp3) is 0.231. The number of fused-ring (bicyclic) bond motifs is 1. The quantitative estimate of drug-likeness (QED) is 0.0903. The topological polar surface area (TPSA) is 312 Å². The minimum atomic E-state index is -1.34. The maximum Gasteiger partial charge on any atom is 2.00 e. The Hall–Kier alpha value is -5.62. The number of amides is 3. The Morgan fingerprint density at radius 3 is 2.22 bits per heavy atom. The van der Waals surface area contributed by atoms with Gasteiger partial charge in [0.05, 0.1) is 24.3 Å². The number of hydrogen-bond acceptors (Lipinski definition) is 12. The van der Waals surface area contributed by atoms with Gasteiger partial charge >= 0.3 is 24.5 Å². The molecule has 9 N–H and O–H groups in total. The van der Waals surface area contributed by atoms with Crippen molar-refractivity contribution in [2.75, 3.05) is 17.6 Å². The second-order valence-corrected chi connectivity index (χ2v) is 8.49. The van der Waals surface area contributed by atoms with Crippen LogP contribution in [0.2, 0.25) is 0 Å². The van der Waals surface area contributed by atoms with Gasteiger partial charge in [0, 0.05) is 35.7 Å². The van der Waals surface area contributed by atoms with Crippen molar-refractivity contribution in [3.63, 3.8) is 0 Å². The number of allylic oxidation sites excluding steroid dienone is 1. The first kappa shape index (κ1) is 39.4. The van der Waals surface area contributed by atoms with Crippen LogP contribution >= 0.6 is 0 Å². The monoisotopic (exact) mass is 662 g/mol. The summed E-state index contributed by atoms with van der Waals surface area (Å²) >= 11 is 0. The number of aliphatic carboxylic acids is 1. The molecule has 3 rings (SSSR count). The number of rotatable bonds is 12. The summed E-state index contributed by atoms with van der Waals surface area (Å²) in [6.07, 6.45) is 2.37. The summed E-state index contributed by atoms with van der Waals surface area (Å²) in [5.74, 6) is -3.72. The molecule has 2 aromatic heterocycles. The van der Waals surface area contributed by atoms with Gasteiger partial charge in [-0.1, -0.05) is 0 Å². The van der Waals surface area contributed by atoms with E-state index in [-0.39, 0.29) is 60.0 Å². The van der Waals surface area contributed by atoms with Crippen LogP contribution in [-0.4, -0.2) is 72.6 Å². The molecule has 3 amide bonds. The van der Waals surface area contributed by atoms with Crippen LogP contribution in [0.4, 0.5) is 11.6 Å². The number of H-pyrrole nitrogens is 1. The molecular formula is C26H29N9O9V. The van der Waals surface area contributed by atoms with Crippen LogP contribution in [0.15, 0.2) is 46.9 Å².